The van der Waals surface area contributed by atoms with Crippen LogP contribution in [0.4, 0.5) is 23.5 Å². The fourth-order valence-corrected chi connectivity index (χ4v) is 3.08. The first-order valence-corrected chi connectivity index (χ1v) is 9.73. The molecule has 1 amide bonds. The quantitative estimate of drug-likeness (QED) is 0.561. The summed E-state index contributed by atoms with van der Waals surface area (Å²) in [5, 5.41) is 2.56. The van der Waals surface area contributed by atoms with Crippen molar-refractivity contribution >= 4 is 11.9 Å². The fourth-order valence-electron chi connectivity index (χ4n) is 3.08. The van der Waals surface area contributed by atoms with Crippen molar-refractivity contribution in [3.63, 3.8) is 0 Å². The van der Waals surface area contributed by atoms with Crippen LogP contribution in [0.3, 0.4) is 0 Å². The highest BCUT2D eigenvalue weighted by Crippen LogP contribution is 2.30. The lowest BCUT2D eigenvalue weighted by Gasteiger charge is -2.20. The molecule has 1 heterocycles. The molecular formula is C20H22F4N4O4. The van der Waals surface area contributed by atoms with E-state index in [1.165, 1.54) is 13.2 Å². The van der Waals surface area contributed by atoms with E-state index in [-0.39, 0.29) is 23.8 Å². The normalized spacial score (nSPS) is 14.7. The zero-order valence-corrected chi connectivity index (χ0v) is 17.3. The van der Waals surface area contributed by atoms with Crippen LogP contribution in [0.5, 0.6) is 5.75 Å². The molecule has 32 heavy (non-hydrogen) atoms. The molecule has 1 fully saturated rings. The number of rotatable bonds is 9. The van der Waals surface area contributed by atoms with Crippen molar-refractivity contribution in [1.82, 2.24) is 15.3 Å². The Kier molecular flexibility index (Phi) is 7.02. The number of H-pyrrole nitrogens is 1. The van der Waals surface area contributed by atoms with Gasteiger partial charge in [-0.25, -0.2) is 9.37 Å². The minimum absolute atomic E-state index is 0.109. The summed E-state index contributed by atoms with van der Waals surface area (Å²) in [4.78, 5) is 33.3. The maximum Gasteiger partial charge on any atom is 0.573 e. The number of anilines is 1. The van der Waals surface area contributed by atoms with Crippen molar-refractivity contribution in [2.24, 2.45) is 5.92 Å². The van der Waals surface area contributed by atoms with Gasteiger partial charge in [0.25, 0.3) is 11.5 Å². The Morgan fingerprint density at radius 2 is 2.06 bits per heavy atom. The molecule has 0 radical (unpaired) electrons. The first-order valence-electron chi connectivity index (χ1n) is 9.73. The molecule has 1 aromatic heterocycles. The lowest BCUT2D eigenvalue weighted by atomic mass is 10.1. The zero-order chi connectivity index (χ0) is 23.5. The number of nitrogens with one attached hydrogen (secondary N) is 2. The molecule has 174 valence electrons. The van der Waals surface area contributed by atoms with E-state index >= 15 is 0 Å². The average molecular weight is 458 g/mol. The van der Waals surface area contributed by atoms with E-state index in [9.17, 15) is 27.2 Å². The van der Waals surface area contributed by atoms with Gasteiger partial charge >= 0.3 is 6.36 Å². The van der Waals surface area contributed by atoms with Crippen LogP contribution < -0.4 is 20.5 Å². The summed E-state index contributed by atoms with van der Waals surface area (Å²) >= 11 is 0. The Hall–Kier alpha value is -3.15. The summed E-state index contributed by atoms with van der Waals surface area (Å²) in [6.45, 7) is 0.578. The number of aromatic nitrogens is 2. The van der Waals surface area contributed by atoms with Crippen molar-refractivity contribution in [1.29, 1.82) is 0 Å². The zero-order valence-electron chi connectivity index (χ0n) is 17.3. The number of hydrogen-bond donors (Lipinski definition) is 2. The maximum atomic E-state index is 14.1. The number of benzene rings is 1. The first-order chi connectivity index (χ1) is 15.1. The second kappa shape index (κ2) is 9.55. The third-order valence-electron chi connectivity index (χ3n) is 4.78. The largest absolute Gasteiger partial charge is 0.573 e. The summed E-state index contributed by atoms with van der Waals surface area (Å²) < 4.78 is 59.8. The molecule has 12 heteroatoms. The van der Waals surface area contributed by atoms with E-state index in [4.69, 9.17) is 4.74 Å². The number of nitrogens with zero attached hydrogens (tertiary/aromatic N) is 2. The predicted molar refractivity (Wildman–Crippen MR) is 106 cm³/mol. The summed E-state index contributed by atoms with van der Waals surface area (Å²) in [5.41, 5.74) is -0.543. The van der Waals surface area contributed by atoms with Crippen LogP contribution in [0.15, 0.2) is 29.1 Å². The molecule has 8 nitrogen and oxygen atoms in total. The molecule has 1 saturated carbocycles. The number of methoxy groups -OCH3 is 1. The molecule has 1 aliphatic rings. The van der Waals surface area contributed by atoms with Gasteiger partial charge in [0.05, 0.1) is 12.6 Å². The van der Waals surface area contributed by atoms with Crippen molar-refractivity contribution in [3.05, 3.63) is 51.7 Å². The summed E-state index contributed by atoms with van der Waals surface area (Å²) in [7, 11) is 3.09. The molecule has 2 N–H and O–H groups in total. The molecule has 2 aromatic rings. The van der Waals surface area contributed by atoms with E-state index in [1.54, 1.807) is 11.9 Å². The lowest BCUT2D eigenvalue weighted by Crippen LogP contribution is -2.34. The van der Waals surface area contributed by atoms with Crippen molar-refractivity contribution < 1.29 is 31.8 Å². The highest BCUT2D eigenvalue weighted by atomic mass is 19.4. The van der Waals surface area contributed by atoms with E-state index in [0.29, 0.717) is 12.5 Å². The molecule has 0 saturated heterocycles. The number of alkyl halides is 3. The highest BCUT2D eigenvalue weighted by molar-refractivity contribution is 5.92. The Morgan fingerprint density at radius 1 is 1.34 bits per heavy atom. The minimum Gasteiger partial charge on any atom is -0.403 e. The molecule has 1 aromatic carbocycles. The standard InChI is InChI=1S/C20H22F4N4O4/c1-28(9-11-3-4-11)19-26-14(8-17(29)27-19)18(30)25-15(10-31-2)12-5-6-16(13(21)7-12)32-20(22,23)24/h5-8,11,15H,3-4,9-10H2,1-2H3,(H,25,30)(H,26,27,29). The van der Waals surface area contributed by atoms with Gasteiger partial charge in [0.2, 0.25) is 5.95 Å². The molecule has 1 aliphatic carbocycles. The number of aromatic amines is 1. The molecule has 3 rings (SSSR count). The monoisotopic (exact) mass is 458 g/mol. The Morgan fingerprint density at radius 3 is 2.66 bits per heavy atom. The molecule has 1 unspecified atom stereocenters. The van der Waals surface area contributed by atoms with Gasteiger partial charge in [-0.1, -0.05) is 6.07 Å². The maximum absolute atomic E-state index is 14.1. The van der Waals surface area contributed by atoms with Crippen LogP contribution in [-0.2, 0) is 4.74 Å². The van der Waals surface area contributed by atoms with Gasteiger partial charge in [0.1, 0.15) is 5.69 Å². The number of ether oxygens (including phenoxy) is 2. The second-order valence-electron chi connectivity index (χ2n) is 7.50. The third-order valence-corrected chi connectivity index (χ3v) is 4.78. The predicted octanol–water partition coefficient (Wildman–Crippen LogP) is 2.77. The van der Waals surface area contributed by atoms with Gasteiger partial charge in [-0.2, -0.15) is 0 Å². The number of amides is 1. The Bertz CT molecular complexity index is 1020. The third kappa shape index (κ3) is 6.42. The van der Waals surface area contributed by atoms with Gasteiger partial charge in [-0.05, 0) is 36.5 Å². The van der Waals surface area contributed by atoms with E-state index in [0.717, 1.165) is 31.0 Å². The van der Waals surface area contributed by atoms with Crippen LogP contribution >= 0.6 is 0 Å². The second-order valence-corrected chi connectivity index (χ2v) is 7.50. The number of carbonyl (C=O) groups excluding carboxylic acids is 1. The van der Waals surface area contributed by atoms with Crippen molar-refractivity contribution in [2.75, 3.05) is 32.2 Å². The van der Waals surface area contributed by atoms with Crippen LogP contribution in [0.25, 0.3) is 0 Å². The van der Waals surface area contributed by atoms with Crippen LogP contribution in [0.1, 0.15) is 34.9 Å². The minimum atomic E-state index is -5.04. The topological polar surface area (TPSA) is 96.5 Å². The van der Waals surface area contributed by atoms with E-state index in [1.807, 2.05) is 0 Å². The number of carbonyl (C=O) groups is 1. The van der Waals surface area contributed by atoms with Gasteiger partial charge < -0.3 is 19.7 Å². The van der Waals surface area contributed by atoms with E-state index in [2.05, 4.69) is 20.0 Å². The fraction of sp³-hybridized carbons (Fsp3) is 0.450. The molecule has 0 aliphatic heterocycles. The molecule has 0 spiro atoms. The van der Waals surface area contributed by atoms with Gasteiger partial charge in [-0.3, -0.25) is 14.6 Å². The van der Waals surface area contributed by atoms with Crippen LogP contribution in [0.2, 0.25) is 0 Å². The first kappa shape index (κ1) is 23.5. The number of hydrogen-bond acceptors (Lipinski definition) is 6. The van der Waals surface area contributed by atoms with Gasteiger partial charge in [0.15, 0.2) is 11.6 Å². The summed E-state index contributed by atoms with van der Waals surface area (Å²) in [6, 6.07) is 2.90. The molecule has 1 atom stereocenters. The molecule has 0 bridgehead atoms. The molecular weight excluding hydrogens is 436 g/mol. The van der Waals surface area contributed by atoms with Gasteiger partial charge in [-0.15, -0.1) is 13.2 Å². The van der Waals surface area contributed by atoms with Crippen LogP contribution in [-0.4, -0.2) is 49.5 Å². The summed E-state index contributed by atoms with van der Waals surface area (Å²) in [6.07, 6.45) is -2.85. The van der Waals surface area contributed by atoms with E-state index < -0.39 is 35.4 Å². The average Bonchev–Trinajstić information content (AvgIpc) is 3.51. The number of halogens is 4. The Labute approximate surface area is 180 Å². The van der Waals surface area contributed by atoms with Gasteiger partial charge in [0, 0.05) is 26.8 Å². The Balaban J connectivity index is 1.78. The summed E-state index contributed by atoms with van der Waals surface area (Å²) in [5.74, 6) is -2.22. The highest BCUT2D eigenvalue weighted by Gasteiger charge is 2.32. The van der Waals surface area contributed by atoms with Crippen molar-refractivity contribution in [3.8, 4) is 5.75 Å². The van der Waals surface area contributed by atoms with Crippen molar-refractivity contribution in [2.45, 2.75) is 25.2 Å². The SMILES string of the molecule is COCC(NC(=O)c1cc(=O)[nH]c(N(C)CC2CC2)n1)c1ccc(OC(F)(F)F)c(F)c1. The van der Waals surface area contributed by atoms with Crippen LogP contribution in [0, 0.1) is 11.7 Å². The lowest BCUT2D eigenvalue weighted by molar-refractivity contribution is -0.275. The smallest absolute Gasteiger partial charge is 0.403 e.